The third-order valence-electron chi connectivity index (χ3n) is 2.39. The van der Waals surface area contributed by atoms with Crippen LogP contribution in [0.15, 0.2) is 10.7 Å². The summed E-state index contributed by atoms with van der Waals surface area (Å²) in [6, 6.07) is 0. The van der Waals surface area contributed by atoms with Crippen LogP contribution in [0.2, 0.25) is 0 Å². The van der Waals surface area contributed by atoms with Crippen molar-refractivity contribution in [3.8, 4) is 0 Å². The number of hydrogen-bond acceptors (Lipinski definition) is 3. The Morgan fingerprint density at radius 2 is 2.21 bits per heavy atom. The largest absolute Gasteiger partial charge is 0.372 e. The SMILES string of the molecule is Cc1nc2c3c(c(Br)cn2n1)COC3. The summed E-state index contributed by atoms with van der Waals surface area (Å²) in [4.78, 5) is 4.38. The highest BCUT2D eigenvalue weighted by Gasteiger charge is 2.20. The second kappa shape index (κ2) is 2.77. The second-order valence-corrected chi connectivity index (χ2v) is 4.21. The van der Waals surface area contributed by atoms with Crippen molar-refractivity contribution in [3.63, 3.8) is 0 Å². The minimum absolute atomic E-state index is 0.635. The van der Waals surface area contributed by atoms with Gasteiger partial charge in [0.2, 0.25) is 0 Å². The van der Waals surface area contributed by atoms with E-state index in [1.807, 2.05) is 13.1 Å². The number of nitrogens with zero attached hydrogens (tertiary/aromatic N) is 3. The maximum Gasteiger partial charge on any atom is 0.161 e. The molecule has 0 saturated carbocycles. The first-order chi connectivity index (χ1) is 6.75. The maximum atomic E-state index is 5.40. The minimum atomic E-state index is 0.635. The fourth-order valence-corrected chi connectivity index (χ4v) is 2.30. The molecule has 0 spiro atoms. The molecule has 3 heterocycles. The quantitative estimate of drug-likeness (QED) is 0.720. The average Bonchev–Trinajstić information content (AvgIpc) is 2.69. The lowest BCUT2D eigenvalue weighted by Crippen LogP contribution is -1.94. The highest BCUT2D eigenvalue weighted by molar-refractivity contribution is 9.10. The first-order valence-electron chi connectivity index (χ1n) is 4.36. The fraction of sp³-hybridized carbons (Fsp3) is 0.333. The normalized spacial score (nSPS) is 15.0. The van der Waals surface area contributed by atoms with Crippen LogP contribution in [0.3, 0.4) is 0 Å². The van der Waals surface area contributed by atoms with Crippen molar-refractivity contribution in [2.45, 2.75) is 20.1 Å². The molecule has 14 heavy (non-hydrogen) atoms. The molecule has 0 atom stereocenters. The van der Waals surface area contributed by atoms with Gasteiger partial charge in [0.25, 0.3) is 0 Å². The topological polar surface area (TPSA) is 39.4 Å². The van der Waals surface area contributed by atoms with Gasteiger partial charge in [-0.25, -0.2) is 9.50 Å². The molecule has 0 aromatic carbocycles. The summed E-state index contributed by atoms with van der Waals surface area (Å²) in [5, 5.41) is 4.27. The first-order valence-corrected chi connectivity index (χ1v) is 5.16. The summed E-state index contributed by atoms with van der Waals surface area (Å²) in [6.45, 7) is 3.19. The number of ether oxygens (including phenoxy) is 1. The van der Waals surface area contributed by atoms with Crippen LogP contribution in [0.5, 0.6) is 0 Å². The molecule has 2 aromatic rings. The third kappa shape index (κ3) is 1.02. The molecule has 0 unspecified atom stereocenters. The molecule has 0 saturated heterocycles. The predicted molar refractivity (Wildman–Crippen MR) is 53.9 cm³/mol. The number of pyridine rings is 1. The Bertz CT molecular complexity index is 520. The molecule has 0 fully saturated rings. The first kappa shape index (κ1) is 8.38. The summed E-state index contributed by atoms with van der Waals surface area (Å²) in [6.07, 6.45) is 1.93. The van der Waals surface area contributed by atoms with Crippen LogP contribution in [0.25, 0.3) is 5.65 Å². The van der Waals surface area contributed by atoms with Gasteiger partial charge in [0.15, 0.2) is 5.65 Å². The average molecular weight is 254 g/mol. The van der Waals surface area contributed by atoms with Crippen LogP contribution in [-0.4, -0.2) is 14.6 Å². The van der Waals surface area contributed by atoms with E-state index in [0.29, 0.717) is 13.2 Å². The highest BCUT2D eigenvalue weighted by atomic mass is 79.9. The van der Waals surface area contributed by atoms with E-state index in [4.69, 9.17) is 4.74 Å². The Kier molecular flexibility index (Phi) is 1.66. The summed E-state index contributed by atoms with van der Waals surface area (Å²) in [5.41, 5.74) is 3.27. The van der Waals surface area contributed by atoms with Gasteiger partial charge < -0.3 is 4.74 Å². The zero-order valence-corrected chi connectivity index (χ0v) is 9.21. The van der Waals surface area contributed by atoms with E-state index in [1.54, 1.807) is 4.52 Å². The van der Waals surface area contributed by atoms with Crippen LogP contribution in [-0.2, 0) is 18.0 Å². The highest BCUT2D eigenvalue weighted by Crippen LogP contribution is 2.29. The maximum absolute atomic E-state index is 5.40. The Hall–Kier alpha value is -0.940. The van der Waals surface area contributed by atoms with Crippen molar-refractivity contribution in [3.05, 3.63) is 27.6 Å². The van der Waals surface area contributed by atoms with Crippen LogP contribution in [0.1, 0.15) is 17.0 Å². The summed E-state index contributed by atoms with van der Waals surface area (Å²) in [5.74, 6) is 0.789. The number of rotatable bonds is 0. The molecule has 0 amide bonds. The van der Waals surface area contributed by atoms with E-state index >= 15 is 0 Å². The van der Waals surface area contributed by atoms with Gasteiger partial charge in [-0.05, 0) is 22.9 Å². The van der Waals surface area contributed by atoms with E-state index in [2.05, 4.69) is 26.0 Å². The molecule has 1 aliphatic heterocycles. The standard InChI is InChI=1S/C9H8BrN3O/c1-5-11-9-7-4-14-3-6(7)8(10)2-13(9)12-5/h2H,3-4H2,1H3. The van der Waals surface area contributed by atoms with Gasteiger partial charge in [-0.2, -0.15) is 5.10 Å². The predicted octanol–water partition coefficient (Wildman–Crippen LogP) is 1.83. The molecular formula is C9H8BrN3O. The van der Waals surface area contributed by atoms with Gasteiger partial charge in [0.05, 0.1) is 13.2 Å². The smallest absolute Gasteiger partial charge is 0.161 e. The Morgan fingerprint density at radius 1 is 1.43 bits per heavy atom. The van der Waals surface area contributed by atoms with E-state index in [0.717, 1.165) is 21.5 Å². The van der Waals surface area contributed by atoms with Crippen molar-refractivity contribution in [2.75, 3.05) is 0 Å². The van der Waals surface area contributed by atoms with Crippen LogP contribution in [0, 0.1) is 6.92 Å². The lowest BCUT2D eigenvalue weighted by molar-refractivity contribution is 0.134. The summed E-state index contributed by atoms with van der Waals surface area (Å²) in [7, 11) is 0. The number of aryl methyl sites for hydroxylation is 1. The van der Waals surface area contributed by atoms with Crippen molar-refractivity contribution in [2.24, 2.45) is 0 Å². The lowest BCUT2D eigenvalue weighted by Gasteiger charge is -2.01. The van der Waals surface area contributed by atoms with Gasteiger partial charge in [0.1, 0.15) is 5.82 Å². The molecule has 2 aromatic heterocycles. The van der Waals surface area contributed by atoms with Gasteiger partial charge >= 0.3 is 0 Å². The minimum Gasteiger partial charge on any atom is -0.372 e. The second-order valence-electron chi connectivity index (χ2n) is 3.35. The molecule has 1 aliphatic rings. The van der Waals surface area contributed by atoms with E-state index < -0.39 is 0 Å². The molecular weight excluding hydrogens is 246 g/mol. The van der Waals surface area contributed by atoms with Gasteiger partial charge in [0, 0.05) is 21.8 Å². The zero-order chi connectivity index (χ0) is 9.71. The lowest BCUT2D eigenvalue weighted by atomic mass is 10.2. The fourth-order valence-electron chi connectivity index (χ4n) is 1.75. The zero-order valence-electron chi connectivity index (χ0n) is 7.62. The molecule has 0 N–H and O–H groups in total. The van der Waals surface area contributed by atoms with E-state index in [9.17, 15) is 0 Å². The van der Waals surface area contributed by atoms with Gasteiger partial charge in [-0.15, -0.1) is 0 Å². The molecule has 5 heteroatoms. The van der Waals surface area contributed by atoms with Crippen LogP contribution < -0.4 is 0 Å². The number of halogens is 1. The van der Waals surface area contributed by atoms with Crippen molar-refractivity contribution >= 4 is 21.6 Å². The van der Waals surface area contributed by atoms with Crippen LogP contribution in [0.4, 0.5) is 0 Å². The summed E-state index contributed by atoms with van der Waals surface area (Å²) < 4.78 is 8.24. The van der Waals surface area contributed by atoms with Gasteiger partial charge in [-0.3, -0.25) is 0 Å². The number of fused-ring (bicyclic) bond motifs is 3. The molecule has 4 nitrogen and oxygen atoms in total. The molecule has 0 aliphatic carbocycles. The van der Waals surface area contributed by atoms with Crippen LogP contribution >= 0.6 is 15.9 Å². The third-order valence-corrected chi connectivity index (χ3v) is 3.07. The van der Waals surface area contributed by atoms with Crippen molar-refractivity contribution < 1.29 is 4.74 Å². The van der Waals surface area contributed by atoms with E-state index in [1.165, 1.54) is 5.56 Å². The number of aromatic nitrogens is 3. The molecule has 0 bridgehead atoms. The van der Waals surface area contributed by atoms with Crippen molar-refractivity contribution in [1.82, 2.24) is 14.6 Å². The molecule has 3 rings (SSSR count). The van der Waals surface area contributed by atoms with E-state index in [-0.39, 0.29) is 0 Å². The monoisotopic (exact) mass is 253 g/mol. The van der Waals surface area contributed by atoms with Crippen molar-refractivity contribution in [1.29, 1.82) is 0 Å². The number of hydrogen-bond donors (Lipinski definition) is 0. The summed E-state index contributed by atoms with van der Waals surface area (Å²) >= 11 is 3.51. The van der Waals surface area contributed by atoms with Gasteiger partial charge in [-0.1, -0.05) is 0 Å². The Labute approximate surface area is 89.0 Å². The molecule has 72 valence electrons. The Balaban J connectivity index is 2.45. The Morgan fingerprint density at radius 3 is 3.07 bits per heavy atom. The molecule has 0 radical (unpaired) electrons.